The van der Waals surface area contributed by atoms with Crippen molar-refractivity contribution in [1.29, 1.82) is 0 Å². The monoisotopic (exact) mass is 406 g/mol. The molecule has 4 rings (SSSR count). The smallest absolute Gasteiger partial charge is 0.410 e. The molecule has 5 atom stereocenters. The van der Waals surface area contributed by atoms with E-state index in [2.05, 4.69) is 29.5 Å². The van der Waals surface area contributed by atoms with Crippen molar-refractivity contribution in [2.24, 2.45) is 16.3 Å². The fraction of sp³-hybridized carbons (Fsp3) is 0.909. The Morgan fingerprint density at radius 2 is 1.79 bits per heavy atom. The van der Waals surface area contributed by atoms with Crippen LogP contribution in [0.15, 0.2) is 4.99 Å². The zero-order chi connectivity index (χ0) is 21.0. The van der Waals surface area contributed by atoms with Crippen molar-refractivity contribution < 1.29 is 14.3 Å². The maximum absolute atomic E-state index is 12.7. The second-order valence-electron chi connectivity index (χ2n) is 10.8. The third kappa shape index (κ3) is 3.82. The Bertz CT molecular complexity index is 657. The van der Waals surface area contributed by atoms with Crippen molar-refractivity contribution in [3.8, 4) is 0 Å². The Labute approximate surface area is 175 Å². The Kier molecular flexibility index (Phi) is 5.24. The lowest BCUT2D eigenvalue weighted by atomic mass is 9.57. The fourth-order valence-electron chi connectivity index (χ4n) is 6.04. The number of ether oxygens (including phenoxy) is 2. The number of amides is 1. The zero-order valence-electron chi connectivity index (χ0n) is 18.8. The number of hydrogen-bond donors (Lipinski definition) is 2. The number of carbonyl (C=O) groups excluding carboxylic acids is 1. The van der Waals surface area contributed by atoms with Gasteiger partial charge in [-0.3, -0.25) is 4.99 Å². The minimum absolute atomic E-state index is 0.123. The van der Waals surface area contributed by atoms with Crippen LogP contribution in [-0.2, 0) is 9.47 Å². The molecule has 3 heterocycles. The van der Waals surface area contributed by atoms with Crippen LogP contribution in [0, 0.1) is 11.3 Å². The van der Waals surface area contributed by atoms with Gasteiger partial charge in [0.15, 0.2) is 5.96 Å². The van der Waals surface area contributed by atoms with E-state index >= 15 is 0 Å². The quantitative estimate of drug-likeness (QED) is 0.545. The second-order valence-corrected chi connectivity index (χ2v) is 10.8. The summed E-state index contributed by atoms with van der Waals surface area (Å²) in [5.41, 5.74) is -0.327. The van der Waals surface area contributed by atoms with Gasteiger partial charge in [-0.25, -0.2) is 4.79 Å². The molecular weight excluding hydrogens is 368 g/mol. The van der Waals surface area contributed by atoms with Gasteiger partial charge in [-0.15, -0.1) is 0 Å². The van der Waals surface area contributed by atoms with Crippen LogP contribution in [-0.4, -0.2) is 66.5 Å². The van der Waals surface area contributed by atoms with Gasteiger partial charge in [0, 0.05) is 49.2 Å². The molecule has 3 aliphatic heterocycles. The molecule has 2 N–H and O–H groups in total. The van der Waals surface area contributed by atoms with Gasteiger partial charge in [-0.1, -0.05) is 13.8 Å². The minimum atomic E-state index is -0.449. The molecule has 7 heteroatoms. The van der Waals surface area contributed by atoms with Crippen LogP contribution in [0.5, 0.6) is 0 Å². The maximum Gasteiger partial charge on any atom is 0.410 e. The lowest BCUT2D eigenvalue weighted by molar-refractivity contribution is -0.106. The van der Waals surface area contributed by atoms with Crippen LogP contribution in [0.4, 0.5) is 4.79 Å². The van der Waals surface area contributed by atoms with E-state index in [-0.39, 0.29) is 23.6 Å². The highest BCUT2D eigenvalue weighted by Crippen LogP contribution is 2.52. The van der Waals surface area contributed by atoms with Gasteiger partial charge in [-0.2, -0.15) is 0 Å². The van der Waals surface area contributed by atoms with E-state index in [0.717, 1.165) is 44.7 Å². The summed E-state index contributed by atoms with van der Waals surface area (Å²) in [6, 6.07) is 1.23. The molecule has 1 amide bonds. The van der Waals surface area contributed by atoms with Gasteiger partial charge in [0.1, 0.15) is 5.60 Å². The number of guanidine groups is 1. The number of piperidine rings is 1. The summed E-state index contributed by atoms with van der Waals surface area (Å²) >= 11 is 0. The summed E-state index contributed by atoms with van der Waals surface area (Å²) in [7, 11) is 1.84. The predicted octanol–water partition coefficient (Wildman–Crippen LogP) is 2.90. The van der Waals surface area contributed by atoms with Crippen LogP contribution >= 0.6 is 0 Å². The van der Waals surface area contributed by atoms with Gasteiger partial charge in [-0.05, 0) is 52.9 Å². The molecule has 0 spiro atoms. The highest BCUT2D eigenvalue weighted by molar-refractivity contribution is 5.80. The maximum atomic E-state index is 12.7. The van der Waals surface area contributed by atoms with Gasteiger partial charge < -0.3 is 25.0 Å². The highest BCUT2D eigenvalue weighted by atomic mass is 16.6. The number of nitrogens with zero attached hydrogens (tertiary/aromatic N) is 2. The lowest BCUT2D eigenvalue weighted by Gasteiger charge is -2.55. The summed E-state index contributed by atoms with van der Waals surface area (Å²) in [5, 5.41) is 7.33. The van der Waals surface area contributed by atoms with E-state index in [4.69, 9.17) is 9.47 Å². The van der Waals surface area contributed by atoms with E-state index in [9.17, 15) is 4.79 Å². The van der Waals surface area contributed by atoms with E-state index in [0.29, 0.717) is 24.1 Å². The number of fused-ring (bicyclic) bond motifs is 3. The molecule has 1 aliphatic carbocycles. The fourth-order valence-corrected chi connectivity index (χ4v) is 6.04. The van der Waals surface area contributed by atoms with Crippen LogP contribution in [0.25, 0.3) is 0 Å². The average Bonchev–Trinajstić information content (AvgIpc) is 3.18. The summed E-state index contributed by atoms with van der Waals surface area (Å²) in [4.78, 5) is 19.2. The van der Waals surface area contributed by atoms with Crippen LogP contribution in [0.3, 0.4) is 0 Å². The minimum Gasteiger partial charge on any atom is -0.444 e. The number of aliphatic imine (C=N–C) groups is 1. The largest absolute Gasteiger partial charge is 0.444 e. The van der Waals surface area contributed by atoms with Crippen molar-refractivity contribution in [1.82, 2.24) is 15.5 Å². The molecule has 1 saturated carbocycles. The molecule has 164 valence electrons. The molecule has 0 radical (unpaired) electrons. The summed E-state index contributed by atoms with van der Waals surface area (Å²) in [6.45, 7) is 11.2. The number of rotatable bonds is 2. The number of hydrogen-bond acceptors (Lipinski definition) is 4. The summed E-state index contributed by atoms with van der Waals surface area (Å²) in [6.07, 6.45) is 5.34. The first-order chi connectivity index (χ1) is 13.6. The van der Waals surface area contributed by atoms with Crippen molar-refractivity contribution >= 4 is 12.1 Å². The lowest BCUT2D eigenvalue weighted by Crippen LogP contribution is -2.68. The Balaban J connectivity index is 1.34. The molecule has 7 nitrogen and oxygen atoms in total. The molecular formula is C22H38N4O3. The number of nitrogens with one attached hydrogen (secondary N) is 2. The second kappa shape index (κ2) is 7.33. The van der Waals surface area contributed by atoms with Crippen molar-refractivity contribution in [2.45, 2.75) is 103 Å². The van der Waals surface area contributed by atoms with Gasteiger partial charge in [0.25, 0.3) is 0 Å². The molecule has 4 aliphatic rings. The van der Waals surface area contributed by atoms with Gasteiger partial charge >= 0.3 is 6.09 Å². The Morgan fingerprint density at radius 3 is 2.38 bits per heavy atom. The third-order valence-electron chi connectivity index (χ3n) is 7.29. The topological polar surface area (TPSA) is 75.2 Å². The van der Waals surface area contributed by atoms with E-state index in [1.165, 1.54) is 0 Å². The Morgan fingerprint density at radius 1 is 1.14 bits per heavy atom. The molecule has 0 aromatic rings. The first kappa shape index (κ1) is 20.8. The highest BCUT2D eigenvalue weighted by Gasteiger charge is 2.59. The van der Waals surface area contributed by atoms with E-state index in [1.807, 2.05) is 32.7 Å². The Hall–Kier alpha value is -1.50. The first-order valence-corrected chi connectivity index (χ1v) is 11.2. The normalized spacial score (nSPS) is 38.3. The number of carbonyl (C=O) groups is 1. The van der Waals surface area contributed by atoms with Crippen molar-refractivity contribution in [2.75, 3.05) is 13.7 Å². The first-order valence-electron chi connectivity index (χ1n) is 11.2. The van der Waals surface area contributed by atoms with Crippen LogP contribution in [0.1, 0.15) is 66.7 Å². The third-order valence-corrected chi connectivity index (χ3v) is 7.29. The zero-order valence-corrected chi connectivity index (χ0v) is 18.8. The molecule has 0 aromatic heterocycles. The molecule has 3 saturated heterocycles. The molecule has 4 fully saturated rings. The van der Waals surface area contributed by atoms with E-state index < -0.39 is 5.60 Å². The van der Waals surface area contributed by atoms with Crippen molar-refractivity contribution in [3.63, 3.8) is 0 Å². The summed E-state index contributed by atoms with van der Waals surface area (Å²) in [5.74, 6) is 1.46. The molecule has 0 aromatic carbocycles. The van der Waals surface area contributed by atoms with Crippen LogP contribution in [0.2, 0.25) is 0 Å². The molecule has 29 heavy (non-hydrogen) atoms. The molecule has 2 bridgehead atoms. The SMILES string of the molecule is CN=C(NC1CC2CCC(C1)N2C(=O)OC(C)(C)C)NC1C2CCOC2C1(C)C. The van der Waals surface area contributed by atoms with Gasteiger partial charge in [0.2, 0.25) is 0 Å². The van der Waals surface area contributed by atoms with Crippen molar-refractivity contribution in [3.05, 3.63) is 0 Å². The average molecular weight is 407 g/mol. The van der Waals surface area contributed by atoms with Crippen LogP contribution < -0.4 is 10.6 Å². The van der Waals surface area contributed by atoms with E-state index in [1.54, 1.807) is 0 Å². The predicted molar refractivity (Wildman–Crippen MR) is 113 cm³/mol. The summed E-state index contributed by atoms with van der Waals surface area (Å²) < 4.78 is 11.6. The standard InChI is InChI=1S/C22H38N4O3/c1-21(2,3)29-20(27)26-14-7-8-15(26)12-13(11-14)24-19(23-6)25-17-16-9-10-28-18(16)22(17,4)5/h13-18H,7-12H2,1-6H3,(H2,23,24,25). The molecule has 5 unspecified atom stereocenters. The van der Waals surface area contributed by atoms with Gasteiger partial charge in [0.05, 0.1) is 6.10 Å².